The molecule has 0 bridgehead atoms. The predicted octanol–water partition coefficient (Wildman–Crippen LogP) is 3.60. The number of benzene rings is 2. The predicted molar refractivity (Wildman–Crippen MR) is 101 cm³/mol. The van der Waals surface area contributed by atoms with Gasteiger partial charge in [-0.2, -0.15) is 0 Å². The van der Waals surface area contributed by atoms with Crippen molar-refractivity contribution in [2.24, 2.45) is 0 Å². The van der Waals surface area contributed by atoms with Gasteiger partial charge < -0.3 is 9.47 Å². The molecule has 2 aromatic carbocycles. The molecule has 0 N–H and O–H groups in total. The van der Waals surface area contributed by atoms with E-state index in [1.807, 2.05) is 48.5 Å². The van der Waals surface area contributed by atoms with Crippen LogP contribution in [-0.2, 0) is 11.2 Å². The first-order valence-electron chi connectivity index (χ1n) is 8.70. The van der Waals surface area contributed by atoms with E-state index in [4.69, 9.17) is 14.5 Å². The van der Waals surface area contributed by atoms with Crippen molar-refractivity contribution in [2.45, 2.75) is 12.8 Å². The molecule has 5 nitrogen and oxygen atoms in total. The maximum Gasteiger partial charge on any atom is 0.231 e. The molecule has 4 rings (SSSR count). The second-order valence-electron chi connectivity index (χ2n) is 6.24. The molecule has 0 unspecified atom stereocenters. The first kappa shape index (κ1) is 16.4. The summed E-state index contributed by atoms with van der Waals surface area (Å²) < 4.78 is 10.9. The summed E-state index contributed by atoms with van der Waals surface area (Å²) >= 11 is 0. The summed E-state index contributed by atoms with van der Waals surface area (Å²) in [5.41, 5.74) is 1.95. The normalized spacial score (nSPS) is 12.9. The number of pyridine rings is 1. The molecule has 0 radical (unpaired) electrons. The van der Waals surface area contributed by atoms with E-state index in [2.05, 4.69) is 6.07 Å². The Labute approximate surface area is 152 Å². The Kier molecular flexibility index (Phi) is 4.44. The number of carbonyl (C=O) groups is 1. The van der Waals surface area contributed by atoms with Crippen molar-refractivity contribution in [2.75, 3.05) is 25.2 Å². The molecular formula is C21H20N2O3. The Morgan fingerprint density at radius 1 is 1.12 bits per heavy atom. The summed E-state index contributed by atoms with van der Waals surface area (Å²) in [6, 6.07) is 17.5. The fraction of sp³-hybridized carbons (Fsp3) is 0.238. The zero-order valence-electron chi connectivity index (χ0n) is 14.6. The van der Waals surface area contributed by atoms with Gasteiger partial charge in [-0.1, -0.05) is 18.2 Å². The lowest BCUT2D eigenvalue weighted by Crippen LogP contribution is -2.30. The lowest BCUT2D eigenvalue weighted by atomic mass is 10.1. The summed E-state index contributed by atoms with van der Waals surface area (Å²) in [7, 11) is 1.64. The molecule has 0 saturated heterocycles. The summed E-state index contributed by atoms with van der Waals surface area (Å²) in [6.07, 6.45) is 1.15. The molecular weight excluding hydrogens is 328 g/mol. The van der Waals surface area contributed by atoms with Crippen LogP contribution in [0.4, 0.5) is 5.82 Å². The highest BCUT2D eigenvalue weighted by molar-refractivity contribution is 5.96. The SMILES string of the molecule is COc1ccc2cc3c(nc2c1)N(C(=O)CCOc1ccccc1)CC3. The van der Waals surface area contributed by atoms with Gasteiger partial charge in [0.1, 0.15) is 17.3 Å². The topological polar surface area (TPSA) is 51.7 Å². The Balaban J connectivity index is 1.49. The summed E-state index contributed by atoms with van der Waals surface area (Å²) in [5, 5.41) is 1.06. The van der Waals surface area contributed by atoms with E-state index in [0.717, 1.165) is 40.2 Å². The molecule has 1 amide bonds. The maximum absolute atomic E-state index is 12.6. The van der Waals surface area contributed by atoms with Crippen LogP contribution in [0.1, 0.15) is 12.0 Å². The van der Waals surface area contributed by atoms with E-state index >= 15 is 0 Å². The van der Waals surface area contributed by atoms with Crippen LogP contribution in [-0.4, -0.2) is 31.2 Å². The maximum atomic E-state index is 12.6. The van der Waals surface area contributed by atoms with Gasteiger partial charge >= 0.3 is 0 Å². The van der Waals surface area contributed by atoms with Gasteiger partial charge in [0.25, 0.3) is 0 Å². The van der Waals surface area contributed by atoms with Crippen molar-refractivity contribution in [1.29, 1.82) is 0 Å². The molecule has 1 aliphatic heterocycles. The molecule has 3 aromatic rings. The first-order valence-corrected chi connectivity index (χ1v) is 8.70. The average molecular weight is 348 g/mol. The third-order valence-electron chi connectivity index (χ3n) is 4.57. The van der Waals surface area contributed by atoms with Crippen molar-refractivity contribution in [3.63, 3.8) is 0 Å². The van der Waals surface area contributed by atoms with Crippen molar-refractivity contribution in [1.82, 2.24) is 4.98 Å². The second-order valence-corrected chi connectivity index (χ2v) is 6.24. The van der Waals surface area contributed by atoms with E-state index in [0.29, 0.717) is 19.6 Å². The van der Waals surface area contributed by atoms with Gasteiger partial charge in [0.05, 0.1) is 25.7 Å². The van der Waals surface area contributed by atoms with Crippen LogP contribution in [0.25, 0.3) is 10.9 Å². The minimum absolute atomic E-state index is 0.0365. The summed E-state index contributed by atoms with van der Waals surface area (Å²) in [5.74, 6) is 2.33. The monoisotopic (exact) mass is 348 g/mol. The highest BCUT2D eigenvalue weighted by atomic mass is 16.5. The fourth-order valence-electron chi connectivity index (χ4n) is 3.21. The van der Waals surface area contributed by atoms with Gasteiger partial charge in [0.15, 0.2) is 0 Å². The molecule has 0 fully saturated rings. The third-order valence-corrected chi connectivity index (χ3v) is 4.57. The highest BCUT2D eigenvalue weighted by Crippen LogP contribution is 2.31. The molecule has 1 aromatic heterocycles. The largest absolute Gasteiger partial charge is 0.497 e. The molecule has 26 heavy (non-hydrogen) atoms. The number of anilines is 1. The van der Waals surface area contributed by atoms with E-state index in [1.54, 1.807) is 12.0 Å². The Morgan fingerprint density at radius 2 is 1.96 bits per heavy atom. The zero-order chi connectivity index (χ0) is 17.9. The third kappa shape index (κ3) is 3.20. The quantitative estimate of drug-likeness (QED) is 0.707. The molecule has 0 aliphatic carbocycles. The number of hydrogen-bond acceptors (Lipinski definition) is 4. The van der Waals surface area contributed by atoms with Crippen molar-refractivity contribution in [3.05, 3.63) is 60.2 Å². The molecule has 0 saturated carbocycles. The van der Waals surface area contributed by atoms with Crippen LogP contribution in [0.3, 0.4) is 0 Å². The zero-order valence-corrected chi connectivity index (χ0v) is 14.6. The van der Waals surface area contributed by atoms with E-state index in [9.17, 15) is 4.79 Å². The molecule has 0 spiro atoms. The molecule has 2 heterocycles. The number of amides is 1. The smallest absolute Gasteiger partial charge is 0.231 e. The summed E-state index contributed by atoms with van der Waals surface area (Å²) in [4.78, 5) is 19.1. The highest BCUT2D eigenvalue weighted by Gasteiger charge is 2.26. The number of methoxy groups -OCH3 is 1. The van der Waals surface area contributed by atoms with Gasteiger partial charge in [0.2, 0.25) is 5.91 Å². The van der Waals surface area contributed by atoms with Crippen molar-refractivity contribution >= 4 is 22.6 Å². The first-order chi connectivity index (χ1) is 12.7. The number of aromatic nitrogens is 1. The van der Waals surface area contributed by atoms with Crippen LogP contribution in [0.2, 0.25) is 0 Å². The number of rotatable bonds is 5. The molecule has 0 atom stereocenters. The van der Waals surface area contributed by atoms with Gasteiger partial charge in [-0.3, -0.25) is 9.69 Å². The molecule has 1 aliphatic rings. The van der Waals surface area contributed by atoms with Crippen molar-refractivity contribution in [3.8, 4) is 11.5 Å². The number of nitrogens with zero attached hydrogens (tertiary/aromatic N) is 2. The Bertz CT molecular complexity index is 941. The number of para-hydroxylation sites is 1. The molecule has 132 valence electrons. The standard InChI is InChI=1S/C21H20N2O3/c1-25-18-8-7-15-13-16-9-11-23(21(16)22-19(15)14-18)20(24)10-12-26-17-5-3-2-4-6-17/h2-8,13-14H,9-12H2,1H3. The van der Waals surface area contributed by atoms with Gasteiger partial charge in [-0.25, -0.2) is 4.98 Å². The van der Waals surface area contributed by atoms with Crippen LogP contribution >= 0.6 is 0 Å². The lowest BCUT2D eigenvalue weighted by Gasteiger charge is -2.17. The minimum atomic E-state index is 0.0365. The lowest BCUT2D eigenvalue weighted by molar-refractivity contribution is -0.119. The van der Waals surface area contributed by atoms with Gasteiger partial charge in [0, 0.05) is 18.0 Å². The van der Waals surface area contributed by atoms with E-state index < -0.39 is 0 Å². The minimum Gasteiger partial charge on any atom is -0.497 e. The molecule has 5 heteroatoms. The van der Waals surface area contributed by atoms with E-state index in [-0.39, 0.29) is 5.91 Å². The van der Waals surface area contributed by atoms with E-state index in [1.165, 1.54) is 0 Å². The van der Waals surface area contributed by atoms with Gasteiger partial charge in [-0.05, 0) is 42.3 Å². The van der Waals surface area contributed by atoms with Crippen LogP contribution in [0.5, 0.6) is 11.5 Å². The van der Waals surface area contributed by atoms with Crippen molar-refractivity contribution < 1.29 is 14.3 Å². The number of carbonyl (C=O) groups excluding carboxylic acids is 1. The van der Waals surface area contributed by atoms with Gasteiger partial charge in [-0.15, -0.1) is 0 Å². The van der Waals surface area contributed by atoms with Crippen LogP contribution in [0, 0.1) is 0 Å². The Hall–Kier alpha value is -3.08. The summed E-state index contributed by atoms with van der Waals surface area (Å²) in [6.45, 7) is 1.02. The Morgan fingerprint density at radius 3 is 2.77 bits per heavy atom. The number of fused-ring (bicyclic) bond motifs is 2. The fourth-order valence-corrected chi connectivity index (χ4v) is 3.21. The van der Waals surface area contributed by atoms with Crippen LogP contribution < -0.4 is 14.4 Å². The number of ether oxygens (including phenoxy) is 2. The second kappa shape index (κ2) is 7.04. The number of hydrogen-bond donors (Lipinski definition) is 0. The average Bonchev–Trinajstić information content (AvgIpc) is 3.09. The van der Waals surface area contributed by atoms with Crippen LogP contribution in [0.15, 0.2) is 54.6 Å².